The summed E-state index contributed by atoms with van der Waals surface area (Å²) in [5.74, 6) is 0. The smallest absolute Gasteiger partial charge is 0.224 e. The van der Waals surface area contributed by atoms with Crippen LogP contribution in [0.3, 0.4) is 0 Å². The molecular formula is C9H8BrCl2N3O. The Balaban J connectivity index is 2.43. The fourth-order valence-corrected chi connectivity index (χ4v) is 2.68. The molecule has 1 fully saturated rings. The second-order valence-corrected chi connectivity index (χ2v) is 4.97. The van der Waals surface area contributed by atoms with E-state index >= 15 is 0 Å². The van der Waals surface area contributed by atoms with E-state index < -0.39 is 0 Å². The lowest BCUT2D eigenvalue weighted by atomic mass is 10.1. The standard InChI is InChI=1S/C9H8BrCl2N3O/c10-6-7(13-9(12)14-8(6)11)5-2-1-3-15(5)4-16/h4-5H,1-3H2. The number of nitrogens with zero attached hydrogens (tertiary/aromatic N) is 3. The van der Waals surface area contributed by atoms with Gasteiger partial charge in [0.05, 0.1) is 16.2 Å². The van der Waals surface area contributed by atoms with Gasteiger partial charge in [-0.3, -0.25) is 4.79 Å². The van der Waals surface area contributed by atoms with Crippen LogP contribution >= 0.6 is 39.1 Å². The minimum Gasteiger partial charge on any atom is -0.337 e. The van der Waals surface area contributed by atoms with Gasteiger partial charge in [-0.05, 0) is 40.4 Å². The molecule has 0 spiro atoms. The Kier molecular flexibility index (Phi) is 3.66. The molecule has 16 heavy (non-hydrogen) atoms. The number of carbonyl (C=O) groups is 1. The van der Waals surface area contributed by atoms with Crippen LogP contribution < -0.4 is 0 Å². The molecule has 86 valence electrons. The van der Waals surface area contributed by atoms with Crippen molar-refractivity contribution in [3.05, 3.63) is 20.6 Å². The molecule has 1 aliphatic rings. The molecule has 0 aromatic carbocycles. The maximum atomic E-state index is 10.9. The van der Waals surface area contributed by atoms with E-state index in [2.05, 4.69) is 25.9 Å². The van der Waals surface area contributed by atoms with Crippen molar-refractivity contribution in [2.45, 2.75) is 18.9 Å². The van der Waals surface area contributed by atoms with Crippen molar-refractivity contribution < 1.29 is 4.79 Å². The summed E-state index contributed by atoms with van der Waals surface area (Å²) in [6, 6.07) is -0.0649. The van der Waals surface area contributed by atoms with Gasteiger partial charge < -0.3 is 4.90 Å². The topological polar surface area (TPSA) is 46.1 Å². The molecule has 4 nitrogen and oxygen atoms in total. The molecule has 0 saturated carbocycles. The molecule has 1 aliphatic heterocycles. The number of amides is 1. The number of rotatable bonds is 2. The lowest BCUT2D eigenvalue weighted by Crippen LogP contribution is -2.22. The first-order chi connectivity index (χ1) is 7.63. The molecule has 1 aromatic rings. The normalized spacial score (nSPS) is 20.2. The lowest BCUT2D eigenvalue weighted by Gasteiger charge is -2.20. The van der Waals surface area contributed by atoms with Gasteiger partial charge in [-0.1, -0.05) is 11.6 Å². The fraction of sp³-hybridized carbons (Fsp3) is 0.444. The van der Waals surface area contributed by atoms with Crippen LogP contribution in [-0.4, -0.2) is 27.8 Å². The molecule has 0 radical (unpaired) electrons. The minimum absolute atomic E-state index is 0.0649. The van der Waals surface area contributed by atoms with Crippen LogP contribution in [0.2, 0.25) is 10.4 Å². The van der Waals surface area contributed by atoms with Gasteiger partial charge in [0.25, 0.3) is 0 Å². The maximum Gasteiger partial charge on any atom is 0.224 e. The highest BCUT2D eigenvalue weighted by Crippen LogP contribution is 2.36. The quantitative estimate of drug-likeness (QED) is 0.477. The summed E-state index contributed by atoms with van der Waals surface area (Å²) in [7, 11) is 0. The monoisotopic (exact) mass is 323 g/mol. The van der Waals surface area contributed by atoms with Crippen LogP contribution in [0.4, 0.5) is 0 Å². The summed E-state index contributed by atoms with van der Waals surface area (Å²) < 4.78 is 0.609. The van der Waals surface area contributed by atoms with E-state index in [1.807, 2.05) is 0 Å². The highest BCUT2D eigenvalue weighted by molar-refractivity contribution is 9.10. The lowest BCUT2D eigenvalue weighted by molar-refractivity contribution is -0.119. The Bertz CT molecular complexity index is 429. The van der Waals surface area contributed by atoms with Gasteiger partial charge in [-0.25, -0.2) is 9.97 Å². The van der Waals surface area contributed by atoms with Crippen LogP contribution in [0.25, 0.3) is 0 Å². The van der Waals surface area contributed by atoms with Gasteiger partial charge in [0, 0.05) is 6.54 Å². The maximum absolute atomic E-state index is 10.9. The predicted molar refractivity (Wildman–Crippen MR) is 64.5 cm³/mol. The van der Waals surface area contributed by atoms with Gasteiger partial charge in [-0.15, -0.1) is 0 Å². The number of aromatic nitrogens is 2. The zero-order valence-corrected chi connectivity index (χ0v) is 11.3. The van der Waals surface area contributed by atoms with Gasteiger partial charge >= 0.3 is 0 Å². The van der Waals surface area contributed by atoms with E-state index in [-0.39, 0.29) is 16.5 Å². The van der Waals surface area contributed by atoms with Crippen molar-refractivity contribution in [2.75, 3.05) is 6.54 Å². The molecule has 1 atom stereocenters. The minimum atomic E-state index is -0.0649. The molecule has 0 aliphatic carbocycles. The van der Waals surface area contributed by atoms with E-state index in [1.54, 1.807) is 4.90 Å². The SMILES string of the molecule is O=CN1CCCC1c1nc(Cl)nc(Cl)c1Br. The largest absolute Gasteiger partial charge is 0.337 e. The molecular weight excluding hydrogens is 317 g/mol. The number of halogens is 3. The van der Waals surface area contributed by atoms with Gasteiger partial charge in [0.2, 0.25) is 11.7 Å². The summed E-state index contributed by atoms with van der Waals surface area (Å²) in [6.45, 7) is 0.736. The van der Waals surface area contributed by atoms with E-state index in [0.717, 1.165) is 25.8 Å². The van der Waals surface area contributed by atoms with E-state index in [1.165, 1.54) is 0 Å². The number of carbonyl (C=O) groups excluding carboxylic acids is 1. The van der Waals surface area contributed by atoms with Crippen LogP contribution in [0.1, 0.15) is 24.6 Å². The average Bonchev–Trinajstić information content (AvgIpc) is 2.71. The Morgan fingerprint density at radius 1 is 1.44 bits per heavy atom. The number of hydrogen-bond donors (Lipinski definition) is 0. The van der Waals surface area contributed by atoms with Crippen molar-refractivity contribution in [2.24, 2.45) is 0 Å². The second-order valence-electron chi connectivity index (χ2n) is 3.48. The highest BCUT2D eigenvalue weighted by Gasteiger charge is 2.29. The third-order valence-corrected chi connectivity index (χ3v) is 4.01. The zero-order chi connectivity index (χ0) is 11.7. The fourth-order valence-electron chi connectivity index (χ4n) is 1.84. The van der Waals surface area contributed by atoms with Crippen molar-refractivity contribution in [1.82, 2.24) is 14.9 Å². The Hall–Kier alpha value is -0.390. The van der Waals surface area contributed by atoms with Gasteiger partial charge in [0.1, 0.15) is 5.15 Å². The molecule has 1 aromatic heterocycles. The summed E-state index contributed by atoms with van der Waals surface area (Å²) in [6.07, 6.45) is 2.64. The van der Waals surface area contributed by atoms with E-state index in [0.29, 0.717) is 10.2 Å². The first kappa shape index (κ1) is 12.1. The Morgan fingerprint density at radius 3 is 2.88 bits per heavy atom. The molecule has 1 amide bonds. The second kappa shape index (κ2) is 4.85. The Morgan fingerprint density at radius 2 is 2.19 bits per heavy atom. The number of likely N-dealkylation sites (tertiary alicyclic amines) is 1. The molecule has 1 saturated heterocycles. The Labute approximate surface area is 111 Å². The summed E-state index contributed by atoms with van der Waals surface area (Å²) in [5.41, 5.74) is 0.676. The van der Waals surface area contributed by atoms with Crippen molar-refractivity contribution in [1.29, 1.82) is 0 Å². The zero-order valence-electron chi connectivity index (χ0n) is 8.16. The van der Waals surface area contributed by atoms with Crippen molar-refractivity contribution in [3.63, 3.8) is 0 Å². The molecule has 1 unspecified atom stereocenters. The van der Waals surface area contributed by atoms with Gasteiger partial charge in [-0.2, -0.15) is 0 Å². The molecule has 0 N–H and O–H groups in total. The molecule has 2 heterocycles. The third kappa shape index (κ3) is 2.17. The van der Waals surface area contributed by atoms with Crippen LogP contribution in [-0.2, 0) is 4.79 Å². The molecule has 0 bridgehead atoms. The van der Waals surface area contributed by atoms with Crippen LogP contribution in [0, 0.1) is 0 Å². The summed E-state index contributed by atoms with van der Waals surface area (Å²) in [4.78, 5) is 20.5. The van der Waals surface area contributed by atoms with Crippen molar-refractivity contribution >= 4 is 45.5 Å². The van der Waals surface area contributed by atoms with E-state index in [4.69, 9.17) is 23.2 Å². The highest BCUT2D eigenvalue weighted by atomic mass is 79.9. The van der Waals surface area contributed by atoms with Gasteiger partial charge in [0.15, 0.2) is 0 Å². The van der Waals surface area contributed by atoms with Crippen LogP contribution in [0.15, 0.2) is 4.47 Å². The number of hydrogen-bond acceptors (Lipinski definition) is 3. The van der Waals surface area contributed by atoms with Crippen LogP contribution in [0.5, 0.6) is 0 Å². The first-order valence-corrected chi connectivity index (χ1v) is 6.28. The molecule has 2 rings (SSSR count). The predicted octanol–water partition coefficient (Wildman–Crippen LogP) is 2.84. The average molecular weight is 325 g/mol. The summed E-state index contributed by atoms with van der Waals surface area (Å²) >= 11 is 15.0. The van der Waals surface area contributed by atoms with E-state index in [9.17, 15) is 4.79 Å². The third-order valence-electron chi connectivity index (χ3n) is 2.55. The summed E-state index contributed by atoms with van der Waals surface area (Å²) in [5, 5.41) is 0.369. The van der Waals surface area contributed by atoms with Crippen molar-refractivity contribution in [3.8, 4) is 0 Å². The molecule has 7 heteroatoms. The first-order valence-electron chi connectivity index (χ1n) is 4.73.